The first-order valence-corrected chi connectivity index (χ1v) is 27.9. The lowest BCUT2D eigenvalue weighted by Gasteiger charge is -2.34. The van der Waals surface area contributed by atoms with Crippen LogP contribution in [0.5, 0.6) is 0 Å². The molecule has 416 valence electrons. The van der Waals surface area contributed by atoms with Crippen LogP contribution in [0.15, 0.2) is 183 Å². The van der Waals surface area contributed by atoms with Crippen LogP contribution in [0.1, 0.15) is 96.1 Å². The normalized spacial score (nSPS) is 17.2. The first kappa shape index (κ1) is 53.3. The number of amides is 6. The number of aromatic nitrogens is 4. The molecule has 0 N–H and O–H groups in total. The van der Waals surface area contributed by atoms with Crippen LogP contribution in [-0.2, 0) is 26.2 Å². The standard InChI is InChI=1S/C66H56N12O6/c1-43-49-19-3-5-21-51(49)61(79)75(43)57-27-11-15-45(67-57)39-71-31-32-72(40-46-16-12-28-58(68-46)76-44(2)50-20-4-6-22-52(50)62(76)80)34-36-74(42-48-18-14-30-60(70-48)78-65(83)55-25-9-10-26-56(55)66(78)84)38-37-73(35-33-71)41-47-17-13-29-59(69-47)77-63(81)53-23-7-8-24-54(53)64(77)82/h3-30H,1-2,31-42H2. The van der Waals surface area contributed by atoms with E-state index in [-0.39, 0.29) is 23.5 Å². The predicted molar refractivity (Wildman–Crippen MR) is 318 cm³/mol. The number of hydrogen-bond acceptors (Lipinski definition) is 14. The molecule has 5 aliphatic heterocycles. The third-order valence-electron chi connectivity index (χ3n) is 16.0. The topological polar surface area (TPSA) is 180 Å². The fourth-order valence-corrected chi connectivity index (χ4v) is 11.7. The summed E-state index contributed by atoms with van der Waals surface area (Å²) in [6.07, 6.45) is 0. The summed E-state index contributed by atoms with van der Waals surface area (Å²) in [5.41, 5.74) is 8.04. The zero-order chi connectivity index (χ0) is 57.6. The van der Waals surface area contributed by atoms with Crippen molar-refractivity contribution in [1.29, 1.82) is 0 Å². The molecule has 18 nitrogen and oxygen atoms in total. The van der Waals surface area contributed by atoms with Crippen LogP contribution >= 0.6 is 0 Å². The van der Waals surface area contributed by atoms with Gasteiger partial charge in [0.2, 0.25) is 0 Å². The summed E-state index contributed by atoms with van der Waals surface area (Å²) in [6.45, 7) is 14.8. The molecule has 0 bridgehead atoms. The van der Waals surface area contributed by atoms with Crippen molar-refractivity contribution in [3.05, 3.63) is 250 Å². The summed E-state index contributed by atoms with van der Waals surface area (Å²) in [4.78, 5) is 117. The highest BCUT2D eigenvalue weighted by Gasteiger charge is 2.39. The van der Waals surface area contributed by atoms with Gasteiger partial charge < -0.3 is 0 Å². The van der Waals surface area contributed by atoms with Gasteiger partial charge in [-0.1, -0.05) is 98.1 Å². The SMILES string of the molecule is C=C1c2ccccc2C(=O)N1c1cccc(CN2CCN(Cc3cccc(N4C(=C)c5ccccc5C4=O)n3)CCN(Cc3cccc(N4C(=O)c5ccccc5C4=O)n3)CCN(Cc3cccc(N4C(=O)c5ccccc5C4=O)n3)CC2)n1. The highest BCUT2D eigenvalue weighted by Crippen LogP contribution is 2.37. The fraction of sp³-hybridized carbons (Fsp3) is 0.182. The van der Waals surface area contributed by atoms with Gasteiger partial charge in [0, 0.05) is 101 Å². The quantitative estimate of drug-likeness (QED) is 0.106. The predicted octanol–water partition coefficient (Wildman–Crippen LogP) is 8.45. The smallest absolute Gasteiger partial charge is 0.267 e. The van der Waals surface area contributed by atoms with Gasteiger partial charge in [-0.25, -0.2) is 29.7 Å². The number of rotatable bonds is 12. The molecule has 0 radical (unpaired) electrons. The maximum atomic E-state index is 13.8. The lowest BCUT2D eigenvalue weighted by Crippen LogP contribution is -2.45. The molecule has 0 spiro atoms. The van der Waals surface area contributed by atoms with Crippen LogP contribution in [0, 0.1) is 0 Å². The van der Waals surface area contributed by atoms with Gasteiger partial charge in [-0.05, 0) is 84.9 Å². The van der Waals surface area contributed by atoms with Crippen LogP contribution in [-0.4, -0.2) is 127 Å². The van der Waals surface area contributed by atoms with Gasteiger partial charge in [0.05, 0.1) is 56.4 Å². The monoisotopic (exact) mass is 1110 g/mol. The second-order valence-electron chi connectivity index (χ2n) is 21.3. The van der Waals surface area contributed by atoms with E-state index in [1.54, 1.807) is 82.6 Å². The molecule has 0 unspecified atom stereocenters. The van der Waals surface area contributed by atoms with Crippen LogP contribution in [0.25, 0.3) is 11.4 Å². The molecule has 84 heavy (non-hydrogen) atoms. The van der Waals surface area contributed by atoms with Crippen molar-refractivity contribution in [1.82, 2.24) is 39.5 Å². The first-order valence-electron chi connectivity index (χ1n) is 27.9. The van der Waals surface area contributed by atoms with Gasteiger partial charge in [-0.15, -0.1) is 0 Å². The number of pyridine rings is 4. The molecule has 5 aliphatic rings. The molecular weight excluding hydrogens is 1060 g/mol. The van der Waals surface area contributed by atoms with Crippen LogP contribution in [0.3, 0.4) is 0 Å². The van der Waals surface area contributed by atoms with Gasteiger partial charge in [0.1, 0.15) is 23.3 Å². The van der Waals surface area contributed by atoms with Crippen molar-refractivity contribution >= 4 is 70.1 Å². The molecule has 13 rings (SSSR count). The molecule has 0 atom stereocenters. The number of fused-ring (bicyclic) bond motifs is 4. The minimum atomic E-state index is -0.421. The summed E-state index contributed by atoms with van der Waals surface area (Å²) >= 11 is 0. The molecule has 4 aromatic carbocycles. The number of imide groups is 2. The molecule has 8 aromatic rings. The lowest BCUT2D eigenvalue weighted by atomic mass is 10.1. The van der Waals surface area contributed by atoms with E-state index in [2.05, 4.69) is 32.8 Å². The maximum Gasteiger partial charge on any atom is 0.267 e. The highest BCUT2D eigenvalue weighted by molar-refractivity contribution is 6.35. The number of benzene rings is 4. The van der Waals surface area contributed by atoms with Crippen molar-refractivity contribution in [2.75, 3.05) is 72.0 Å². The Morgan fingerprint density at radius 3 is 0.702 bits per heavy atom. The molecule has 1 fully saturated rings. The van der Waals surface area contributed by atoms with E-state index in [4.69, 9.17) is 19.9 Å². The van der Waals surface area contributed by atoms with Crippen molar-refractivity contribution < 1.29 is 28.8 Å². The van der Waals surface area contributed by atoms with Crippen LogP contribution in [0.4, 0.5) is 23.3 Å². The zero-order valence-electron chi connectivity index (χ0n) is 45.9. The molecule has 9 heterocycles. The van der Waals surface area contributed by atoms with Gasteiger partial charge >= 0.3 is 0 Å². The van der Waals surface area contributed by atoms with Gasteiger partial charge in [0.25, 0.3) is 35.4 Å². The van der Waals surface area contributed by atoms with Gasteiger partial charge in [0.15, 0.2) is 0 Å². The fourth-order valence-electron chi connectivity index (χ4n) is 11.7. The molecule has 6 amide bonds. The summed E-state index contributed by atoms with van der Waals surface area (Å²) in [7, 11) is 0. The van der Waals surface area contributed by atoms with Crippen molar-refractivity contribution in [3.8, 4) is 0 Å². The minimum absolute atomic E-state index is 0.181. The number of hydrogen-bond donors (Lipinski definition) is 0. The Bertz CT molecular complexity index is 3380. The summed E-state index contributed by atoms with van der Waals surface area (Å²) in [5.74, 6) is -0.587. The third kappa shape index (κ3) is 10.1. The Balaban J connectivity index is 0.811. The molecule has 0 saturated carbocycles. The van der Waals surface area contributed by atoms with Gasteiger partial charge in [-0.3, -0.25) is 58.2 Å². The zero-order valence-corrected chi connectivity index (χ0v) is 45.9. The maximum absolute atomic E-state index is 13.8. The average Bonchev–Trinajstić information content (AvgIpc) is 4.26. The van der Waals surface area contributed by atoms with Crippen molar-refractivity contribution in [2.45, 2.75) is 26.2 Å². The summed E-state index contributed by atoms with van der Waals surface area (Å²) in [5, 5.41) is 0. The molecule has 0 aliphatic carbocycles. The second-order valence-corrected chi connectivity index (χ2v) is 21.3. The number of carbonyl (C=O) groups excluding carboxylic acids is 6. The Labute approximate surface area is 484 Å². The third-order valence-corrected chi connectivity index (χ3v) is 16.0. The Morgan fingerprint density at radius 2 is 0.464 bits per heavy atom. The van der Waals surface area contributed by atoms with E-state index in [0.29, 0.717) is 146 Å². The Hall–Kier alpha value is -9.98. The van der Waals surface area contributed by atoms with E-state index in [9.17, 15) is 28.8 Å². The largest absolute Gasteiger partial charge is 0.295 e. The second kappa shape index (κ2) is 22.4. The van der Waals surface area contributed by atoms with E-state index < -0.39 is 23.6 Å². The first-order chi connectivity index (χ1) is 40.9. The van der Waals surface area contributed by atoms with Crippen molar-refractivity contribution in [2.24, 2.45) is 0 Å². The summed E-state index contributed by atoms with van der Waals surface area (Å²) in [6, 6.07) is 50.7. The summed E-state index contributed by atoms with van der Waals surface area (Å²) < 4.78 is 0. The highest BCUT2D eigenvalue weighted by atomic mass is 16.2. The van der Waals surface area contributed by atoms with E-state index >= 15 is 0 Å². The molecular formula is C66H56N12O6. The van der Waals surface area contributed by atoms with Crippen molar-refractivity contribution in [3.63, 3.8) is 0 Å². The van der Waals surface area contributed by atoms with Crippen LogP contribution in [0.2, 0.25) is 0 Å². The molecule has 18 heteroatoms. The van der Waals surface area contributed by atoms with Gasteiger partial charge in [-0.2, -0.15) is 0 Å². The number of anilines is 4. The van der Waals surface area contributed by atoms with E-state index in [0.717, 1.165) is 32.3 Å². The average molecular weight is 1110 g/mol. The molecule has 4 aromatic heterocycles. The minimum Gasteiger partial charge on any atom is -0.295 e. The Morgan fingerprint density at radius 1 is 0.262 bits per heavy atom. The number of nitrogens with zero attached hydrogens (tertiary/aromatic N) is 12. The Kier molecular flexibility index (Phi) is 14.2. The van der Waals surface area contributed by atoms with E-state index in [1.807, 2.05) is 97.1 Å². The van der Waals surface area contributed by atoms with Crippen LogP contribution < -0.4 is 19.6 Å². The molecule has 1 saturated heterocycles. The number of carbonyl (C=O) groups is 6. The lowest BCUT2D eigenvalue weighted by molar-refractivity contribution is 0.0908. The van der Waals surface area contributed by atoms with E-state index in [1.165, 1.54) is 0 Å².